The van der Waals surface area contributed by atoms with Crippen molar-refractivity contribution in [1.29, 1.82) is 0 Å². The van der Waals surface area contributed by atoms with Crippen LogP contribution in [0.4, 0.5) is 5.82 Å². The van der Waals surface area contributed by atoms with Gasteiger partial charge in [0.1, 0.15) is 5.82 Å². The summed E-state index contributed by atoms with van der Waals surface area (Å²) < 4.78 is 5.91. The summed E-state index contributed by atoms with van der Waals surface area (Å²) in [6.45, 7) is 6.47. The molecule has 30 heavy (non-hydrogen) atoms. The molecule has 3 aliphatic rings. The van der Waals surface area contributed by atoms with E-state index in [0.717, 1.165) is 57.3 Å². The molecule has 2 bridgehead atoms. The van der Waals surface area contributed by atoms with E-state index in [1.54, 1.807) is 0 Å². The van der Waals surface area contributed by atoms with E-state index in [4.69, 9.17) is 4.74 Å². The number of aromatic nitrogens is 1. The molecule has 0 aromatic carbocycles. The van der Waals surface area contributed by atoms with Crippen molar-refractivity contribution >= 4 is 41.7 Å². The highest BCUT2D eigenvalue weighted by Crippen LogP contribution is 2.34. The summed E-state index contributed by atoms with van der Waals surface area (Å²) in [5, 5.41) is 6.79. The SMILES string of the molecule is CCNC(=NCCC(=O)N1CCN(c2ccccn2)CC1)NC1CC2CCC1O2.I. The number of amides is 1. The fourth-order valence-corrected chi connectivity index (χ4v) is 4.43. The zero-order chi connectivity index (χ0) is 20.1. The number of nitrogens with zero attached hydrogens (tertiary/aromatic N) is 4. The van der Waals surface area contributed by atoms with Gasteiger partial charge in [-0.3, -0.25) is 9.79 Å². The number of guanidine groups is 1. The molecule has 0 aliphatic carbocycles. The molecule has 4 rings (SSSR count). The van der Waals surface area contributed by atoms with Crippen LogP contribution in [0, 0.1) is 0 Å². The van der Waals surface area contributed by atoms with Gasteiger partial charge in [0.15, 0.2) is 5.96 Å². The average Bonchev–Trinajstić information content (AvgIpc) is 3.38. The molecule has 0 saturated carbocycles. The van der Waals surface area contributed by atoms with Gasteiger partial charge in [0.2, 0.25) is 5.91 Å². The van der Waals surface area contributed by atoms with Crippen LogP contribution in [0.5, 0.6) is 0 Å². The van der Waals surface area contributed by atoms with Crippen molar-refractivity contribution in [1.82, 2.24) is 20.5 Å². The number of nitrogens with one attached hydrogen (secondary N) is 2. The lowest BCUT2D eigenvalue weighted by Gasteiger charge is -2.35. The summed E-state index contributed by atoms with van der Waals surface area (Å²) in [4.78, 5) is 25.8. The predicted octanol–water partition coefficient (Wildman–Crippen LogP) is 1.61. The Bertz CT molecular complexity index is 711. The predicted molar refractivity (Wildman–Crippen MR) is 128 cm³/mol. The maximum absolute atomic E-state index is 12.6. The molecule has 8 nitrogen and oxygen atoms in total. The van der Waals surface area contributed by atoms with Crippen molar-refractivity contribution in [3.8, 4) is 0 Å². The van der Waals surface area contributed by atoms with Crippen LogP contribution >= 0.6 is 24.0 Å². The van der Waals surface area contributed by atoms with Crippen molar-refractivity contribution in [2.75, 3.05) is 44.2 Å². The minimum atomic E-state index is 0. The number of aliphatic imine (C=N–C) groups is 1. The lowest BCUT2D eigenvalue weighted by Crippen LogP contribution is -2.49. The third-order valence-corrected chi connectivity index (χ3v) is 5.97. The van der Waals surface area contributed by atoms with Gasteiger partial charge in [-0.05, 0) is 38.3 Å². The quantitative estimate of drug-likeness (QED) is 0.332. The maximum Gasteiger partial charge on any atom is 0.224 e. The smallest absolute Gasteiger partial charge is 0.224 e. The average molecular weight is 528 g/mol. The van der Waals surface area contributed by atoms with Crippen molar-refractivity contribution in [2.24, 2.45) is 4.99 Å². The van der Waals surface area contributed by atoms with E-state index < -0.39 is 0 Å². The largest absolute Gasteiger partial charge is 0.373 e. The summed E-state index contributed by atoms with van der Waals surface area (Å²) in [5.74, 6) is 1.95. The minimum absolute atomic E-state index is 0. The van der Waals surface area contributed by atoms with Crippen LogP contribution < -0.4 is 15.5 Å². The number of ether oxygens (including phenoxy) is 1. The minimum Gasteiger partial charge on any atom is -0.373 e. The summed E-state index contributed by atoms with van der Waals surface area (Å²) in [6.07, 6.45) is 6.32. The molecule has 2 N–H and O–H groups in total. The Labute approximate surface area is 195 Å². The normalized spacial score (nSPS) is 25.8. The lowest BCUT2D eigenvalue weighted by molar-refractivity contribution is -0.131. The van der Waals surface area contributed by atoms with E-state index in [-0.39, 0.29) is 29.9 Å². The van der Waals surface area contributed by atoms with Crippen molar-refractivity contribution in [3.05, 3.63) is 24.4 Å². The van der Waals surface area contributed by atoms with Crippen LogP contribution in [0.3, 0.4) is 0 Å². The Morgan fingerprint density at radius 1 is 1.27 bits per heavy atom. The van der Waals surface area contributed by atoms with Gasteiger partial charge in [-0.1, -0.05) is 6.07 Å². The number of pyridine rings is 1. The zero-order valence-corrected chi connectivity index (χ0v) is 20.0. The highest BCUT2D eigenvalue weighted by atomic mass is 127. The molecule has 3 unspecified atom stereocenters. The zero-order valence-electron chi connectivity index (χ0n) is 17.6. The second-order valence-corrected chi connectivity index (χ2v) is 7.93. The number of carbonyl (C=O) groups is 1. The summed E-state index contributed by atoms with van der Waals surface area (Å²) in [6, 6.07) is 6.27. The monoisotopic (exact) mass is 528 g/mol. The highest BCUT2D eigenvalue weighted by molar-refractivity contribution is 14.0. The van der Waals surface area contributed by atoms with E-state index >= 15 is 0 Å². The molecule has 1 aromatic heterocycles. The topological polar surface area (TPSA) is 82.1 Å². The molecule has 3 atom stereocenters. The molecule has 9 heteroatoms. The van der Waals surface area contributed by atoms with Crippen LogP contribution in [0.15, 0.2) is 29.4 Å². The van der Waals surface area contributed by atoms with E-state index in [1.165, 1.54) is 6.42 Å². The van der Waals surface area contributed by atoms with Gasteiger partial charge < -0.3 is 25.2 Å². The number of piperazine rings is 1. The number of fused-ring (bicyclic) bond motifs is 2. The number of halogens is 1. The first kappa shape index (κ1) is 23.1. The molecule has 3 aliphatic heterocycles. The second kappa shape index (κ2) is 11.1. The fraction of sp³-hybridized carbons (Fsp3) is 0.667. The molecule has 3 fully saturated rings. The molecule has 166 valence electrons. The summed E-state index contributed by atoms with van der Waals surface area (Å²) in [7, 11) is 0. The van der Waals surface area contributed by atoms with Crippen molar-refractivity contribution in [3.63, 3.8) is 0 Å². The van der Waals surface area contributed by atoms with Crippen LogP contribution in [0.1, 0.15) is 32.6 Å². The van der Waals surface area contributed by atoms with E-state index in [0.29, 0.717) is 31.2 Å². The molecule has 4 heterocycles. The molecule has 0 radical (unpaired) electrons. The van der Waals surface area contributed by atoms with E-state index in [1.807, 2.05) is 29.3 Å². The van der Waals surface area contributed by atoms with Gasteiger partial charge in [-0.15, -0.1) is 24.0 Å². The van der Waals surface area contributed by atoms with Crippen LogP contribution in [-0.4, -0.2) is 79.3 Å². The second-order valence-electron chi connectivity index (χ2n) is 7.93. The Balaban J connectivity index is 0.00000256. The third kappa shape index (κ3) is 5.75. The molecule has 1 aromatic rings. The Hall–Kier alpha value is -1.62. The molecule has 1 amide bonds. The van der Waals surface area contributed by atoms with Crippen LogP contribution in [-0.2, 0) is 9.53 Å². The van der Waals surface area contributed by atoms with Crippen molar-refractivity contribution < 1.29 is 9.53 Å². The van der Waals surface area contributed by atoms with Gasteiger partial charge >= 0.3 is 0 Å². The molecular formula is C21H33IN6O2. The first-order chi connectivity index (χ1) is 14.2. The van der Waals surface area contributed by atoms with Gasteiger partial charge in [0, 0.05) is 45.3 Å². The number of hydrogen-bond donors (Lipinski definition) is 2. The molecule has 3 saturated heterocycles. The Morgan fingerprint density at radius 2 is 2.10 bits per heavy atom. The van der Waals surface area contributed by atoms with Gasteiger partial charge in [0.05, 0.1) is 24.8 Å². The number of carbonyl (C=O) groups excluding carboxylic acids is 1. The van der Waals surface area contributed by atoms with Gasteiger partial charge in [0.25, 0.3) is 0 Å². The summed E-state index contributed by atoms with van der Waals surface area (Å²) >= 11 is 0. The number of rotatable bonds is 6. The van der Waals surface area contributed by atoms with Crippen LogP contribution in [0.2, 0.25) is 0 Å². The molecule has 0 spiro atoms. The Kier molecular flexibility index (Phi) is 8.55. The first-order valence-electron chi connectivity index (χ1n) is 10.9. The van der Waals surface area contributed by atoms with Gasteiger partial charge in [-0.25, -0.2) is 4.98 Å². The standard InChI is InChI=1S/C21H32N6O2.HI/c1-2-22-21(25-17-15-16-6-7-18(17)29-16)24-10-8-20(28)27-13-11-26(12-14-27)19-5-3-4-9-23-19;/h3-5,9,16-18H,2,6-8,10-15H2,1H3,(H2,22,24,25);1H. The lowest BCUT2D eigenvalue weighted by atomic mass is 9.96. The summed E-state index contributed by atoms with van der Waals surface area (Å²) in [5.41, 5.74) is 0. The van der Waals surface area contributed by atoms with Crippen LogP contribution in [0.25, 0.3) is 0 Å². The highest BCUT2D eigenvalue weighted by Gasteiger charge is 2.41. The molecular weight excluding hydrogens is 495 g/mol. The third-order valence-electron chi connectivity index (χ3n) is 5.97. The fourth-order valence-electron chi connectivity index (χ4n) is 4.43. The van der Waals surface area contributed by atoms with Crippen molar-refractivity contribution in [2.45, 2.75) is 50.9 Å². The maximum atomic E-state index is 12.6. The first-order valence-corrected chi connectivity index (χ1v) is 10.9. The Morgan fingerprint density at radius 3 is 2.73 bits per heavy atom. The number of anilines is 1. The van der Waals surface area contributed by atoms with E-state index in [2.05, 4.69) is 32.4 Å². The van der Waals surface area contributed by atoms with E-state index in [9.17, 15) is 4.79 Å². The number of hydrogen-bond acceptors (Lipinski definition) is 5. The van der Waals surface area contributed by atoms with Gasteiger partial charge in [-0.2, -0.15) is 0 Å².